The van der Waals surface area contributed by atoms with Crippen LogP contribution in [-0.4, -0.2) is 17.4 Å². The van der Waals surface area contributed by atoms with Crippen LogP contribution in [0.1, 0.15) is 17.3 Å². The predicted molar refractivity (Wildman–Crippen MR) is 90.5 cm³/mol. The first kappa shape index (κ1) is 15.1. The van der Waals surface area contributed by atoms with Gasteiger partial charge in [0.15, 0.2) is 0 Å². The Morgan fingerprint density at radius 1 is 1.35 bits per heavy atom. The van der Waals surface area contributed by atoms with Crippen LogP contribution in [0.3, 0.4) is 0 Å². The fraction of sp³-hybridized carbons (Fsp3) is 0.143. The minimum Gasteiger partial charge on any atom is -0.385 e. The second-order valence-electron chi connectivity index (χ2n) is 4.03. The van der Waals surface area contributed by atoms with Crippen LogP contribution >= 0.6 is 34.2 Å². The van der Waals surface area contributed by atoms with Gasteiger partial charge in [-0.3, -0.25) is 9.78 Å². The maximum atomic E-state index is 12.3. The maximum Gasteiger partial charge on any atom is 0.259 e. The molecule has 4 nitrogen and oxygen atoms in total. The molecule has 0 aliphatic carbocycles. The zero-order valence-electron chi connectivity index (χ0n) is 10.8. The van der Waals surface area contributed by atoms with Crippen molar-refractivity contribution in [3.63, 3.8) is 0 Å². The van der Waals surface area contributed by atoms with Crippen LogP contribution in [0.4, 0.5) is 11.4 Å². The van der Waals surface area contributed by atoms with Crippen molar-refractivity contribution in [3.8, 4) is 0 Å². The number of hydrogen-bond acceptors (Lipinski definition) is 3. The summed E-state index contributed by atoms with van der Waals surface area (Å²) in [6.45, 7) is 2.72. The van der Waals surface area contributed by atoms with Gasteiger partial charge in [0, 0.05) is 27.5 Å². The first-order valence-electron chi connectivity index (χ1n) is 6.06. The lowest BCUT2D eigenvalue weighted by molar-refractivity contribution is 0.102. The Kier molecular flexibility index (Phi) is 5.19. The van der Waals surface area contributed by atoms with Crippen LogP contribution in [0.5, 0.6) is 0 Å². The Hall–Kier alpha value is -1.34. The smallest absolute Gasteiger partial charge is 0.259 e. The maximum absolute atomic E-state index is 12.3. The molecule has 104 valence electrons. The van der Waals surface area contributed by atoms with Gasteiger partial charge in [0.1, 0.15) is 0 Å². The number of carbonyl (C=O) groups is 1. The second-order valence-corrected chi connectivity index (χ2v) is 5.63. The molecule has 1 amide bonds. The van der Waals surface area contributed by atoms with E-state index in [1.165, 1.54) is 0 Å². The number of pyridine rings is 1. The number of anilines is 2. The van der Waals surface area contributed by atoms with Gasteiger partial charge in [0.05, 0.1) is 16.9 Å². The monoisotopic (exact) mass is 401 g/mol. The van der Waals surface area contributed by atoms with Crippen LogP contribution < -0.4 is 10.6 Å². The van der Waals surface area contributed by atoms with E-state index in [4.69, 9.17) is 11.6 Å². The molecule has 2 aromatic rings. The van der Waals surface area contributed by atoms with Gasteiger partial charge in [0.25, 0.3) is 5.91 Å². The van der Waals surface area contributed by atoms with E-state index in [-0.39, 0.29) is 5.91 Å². The molecule has 0 unspecified atom stereocenters. The lowest BCUT2D eigenvalue weighted by Gasteiger charge is -2.11. The van der Waals surface area contributed by atoms with Crippen molar-refractivity contribution in [2.24, 2.45) is 0 Å². The van der Waals surface area contributed by atoms with Crippen molar-refractivity contribution in [3.05, 3.63) is 50.8 Å². The highest BCUT2D eigenvalue weighted by Crippen LogP contribution is 2.23. The third kappa shape index (κ3) is 3.61. The second kappa shape index (κ2) is 6.90. The molecule has 2 rings (SSSR count). The molecule has 0 aliphatic rings. The summed E-state index contributed by atoms with van der Waals surface area (Å²) >= 11 is 8.03. The molecule has 20 heavy (non-hydrogen) atoms. The van der Waals surface area contributed by atoms with E-state index in [2.05, 4.69) is 38.2 Å². The standard InChI is InChI=1S/C14H13ClIN3O/c1-2-18-12-5-6-17-8-10(12)14(20)19-13-4-3-9(15)7-11(13)16/h3-8H,2H2,1H3,(H,17,18)(H,19,20). The minimum absolute atomic E-state index is 0.200. The Morgan fingerprint density at radius 2 is 2.15 bits per heavy atom. The summed E-state index contributed by atoms with van der Waals surface area (Å²) in [5.74, 6) is -0.200. The number of carbonyl (C=O) groups excluding carboxylic acids is 1. The molecule has 0 bridgehead atoms. The van der Waals surface area contributed by atoms with Gasteiger partial charge < -0.3 is 10.6 Å². The summed E-state index contributed by atoms with van der Waals surface area (Å²) in [6.07, 6.45) is 3.21. The van der Waals surface area contributed by atoms with Crippen molar-refractivity contribution >= 4 is 51.5 Å². The van der Waals surface area contributed by atoms with Crippen LogP contribution in [0, 0.1) is 3.57 Å². The van der Waals surface area contributed by atoms with Crippen molar-refractivity contribution in [1.82, 2.24) is 4.98 Å². The Morgan fingerprint density at radius 3 is 2.85 bits per heavy atom. The van der Waals surface area contributed by atoms with E-state index < -0.39 is 0 Å². The molecule has 0 fully saturated rings. The van der Waals surface area contributed by atoms with Crippen molar-refractivity contribution in [2.45, 2.75) is 6.92 Å². The molecule has 1 heterocycles. The number of benzene rings is 1. The van der Waals surface area contributed by atoms with E-state index in [1.807, 2.05) is 6.92 Å². The van der Waals surface area contributed by atoms with Gasteiger partial charge in [0.2, 0.25) is 0 Å². The zero-order valence-corrected chi connectivity index (χ0v) is 13.7. The Labute approximate surface area is 136 Å². The van der Waals surface area contributed by atoms with Crippen LogP contribution in [0.25, 0.3) is 0 Å². The summed E-state index contributed by atoms with van der Waals surface area (Å²) < 4.78 is 0.886. The van der Waals surface area contributed by atoms with Crippen LogP contribution in [0.2, 0.25) is 5.02 Å². The highest BCUT2D eigenvalue weighted by molar-refractivity contribution is 14.1. The molecule has 0 aliphatic heterocycles. The fourth-order valence-corrected chi connectivity index (χ4v) is 2.71. The lowest BCUT2D eigenvalue weighted by atomic mass is 10.2. The molecule has 0 spiro atoms. The first-order chi connectivity index (χ1) is 9.61. The first-order valence-corrected chi connectivity index (χ1v) is 7.51. The summed E-state index contributed by atoms with van der Waals surface area (Å²) in [4.78, 5) is 16.3. The van der Waals surface area contributed by atoms with Crippen molar-refractivity contribution in [2.75, 3.05) is 17.2 Å². The molecule has 0 saturated heterocycles. The Balaban J connectivity index is 2.24. The van der Waals surface area contributed by atoms with E-state index in [9.17, 15) is 4.79 Å². The molecule has 2 N–H and O–H groups in total. The third-order valence-electron chi connectivity index (χ3n) is 2.61. The summed E-state index contributed by atoms with van der Waals surface area (Å²) in [7, 11) is 0. The fourth-order valence-electron chi connectivity index (χ4n) is 1.70. The van der Waals surface area contributed by atoms with Gasteiger partial charge in [-0.1, -0.05) is 11.6 Å². The third-order valence-corrected chi connectivity index (χ3v) is 3.74. The zero-order chi connectivity index (χ0) is 14.5. The minimum atomic E-state index is -0.200. The summed E-state index contributed by atoms with van der Waals surface area (Å²) in [5, 5.41) is 6.65. The number of hydrogen-bond donors (Lipinski definition) is 2. The number of amides is 1. The van der Waals surface area contributed by atoms with Gasteiger partial charge in [-0.15, -0.1) is 0 Å². The number of nitrogens with one attached hydrogen (secondary N) is 2. The topological polar surface area (TPSA) is 54.0 Å². The molecular weight excluding hydrogens is 389 g/mol. The molecule has 1 aromatic carbocycles. The molecule has 0 saturated carbocycles. The quantitative estimate of drug-likeness (QED) is 0.761. The molecule has 6 heteroatoms. The number of aromatic nitrogens is 1. The van der Waals surface area contributed by atoms with Gasteiger partial charge in [-0.25, -0.2) is 0 Å². The average Bonchev–Trinajstić information content (AvgIpc) is 2.43. The number of rotatable bonds is 4. The van der Waals surface area contributed by atoms with Crippen LogP contribution in [0.15, 0.2) is 36.7 Å². The van der Waals surface area contributed by atoms with E-state index in [1.54, 1.807) is 36.7 Å². The SMILES string of the molecule is CCNc1ccncc1C(=O)Nc1ccc(Cl)cc1I. The molecule has 1 aromatic heterocycles. The Bertz CT molecular complexity index is 634. The summed E-state index contributed by atoms with van der Waals surface area (Å²) in [5.41, 5.74) is 2.01. The average molecular weight is 402 g/mol. The van der Waals surface area contributed by atoms with Crippen molar-refractivity contribution < 1.29 is 4.79 Å². The largest absolute Gasteiger partial charge is 0.385 e. The molecule has 0 radical (unpaired) electrons. The predicted octanol–water partition coefficient (Wildman–Crippen LogP) is 4.02. The van der Waals surface area contributed by atoms with E-state index in [0.29, 0.717) is 10.6 Å². The lowest BCUT2D eigenvalue weighted by Crippen LogP contribution is -2.15. The van der Waals surface area contributed by atoms with E-state index >= 15 is 0 Å². The number of nitrogens with zero attached hydrogens (tertiary/aromatic N) is 1. The van der Waals surface area contributed by atoms with Gasteiger partial charge in [-0.05, 0) is 53.8 Å². The summed E-state index contributed by atoms with van der Waals surface area (Å²) in [6, 6.07) is 7.11. The molecule has 0 atom stereocenters. The normalized spacial score (nSPS) is 10.2. The van der Waals surface area contributed by atoms with E-state index in [0.717, 1.165) is 21.5 Å². The number of halogens is 2. The van der Waals surface area contributed by atoms with Gasteiger partial charge >= 0.3 is 0 Å². The van der Waals surface area contributed by atoms with Crippen molar-refractivity contribution in [1.29, 1.82) is 0 Å². The van der Waals surface area contributed by atoms with Crippen LogP contribution in [-0.2, 0) is 0 Å². The highest BCUT2D eigenvalue weighted by atomic mass is 127. The molecular formula is C14H13ClIN3O. The highest BCUT2D eigenvalue weighted by Gasteiger charge is 2.12. The van der Waals surface area contributed by atoms with Gasteiger partial charge in [-0.2, -0.15) is 0 Å².